The van der Waals surface area contributed by atoms with Gasteiger partial charge < -0.3 is 9.84 Å². The van der Waals surface area contributed by atoms with Gasteiger partial charge in [-0.3, -0.25) is 4.79 Å². The van der Waals surface area contributed by atoms with E-state index in [9.17, 15) is 9.90 Å². The Kier molecular flexibility index (Phi) is 5.94. The largest absolute Gasteiger partial charge is 0.435 e. The molecule has 0 rings (SSSR count). The van der Waals surface area contributed by atoms with Gasteiger partial charge >= 0.3 is 5.97 Å². The van der Waals surface area contributed by atoms with Crippen molar-refractivity contribution in [3.8, 4) is 0 Å². The summed E-state index contributed by atoms with van der Waals surface area (Å²) in [7, 11) is 0. The van der Waals surface area contributed by atoms with Crippen LogP contribution in [0.1, 0.15) is 34.1 Å². The van der Waals surface area contributed by atoms with Crippen LogP contribution in [0.25, 0.3) is 0 Å². The molecule has 1 N–H and O–H groups in total. The molecule has 0 aromatic heterocycles. The number of esters is 1. The van der Waals surface area contributed by atoms with Crippen molar-refractivity contribution in [2.75, 3.05) is 0 Å². The predicted octanol–water partition coefficient (Wildman–Crippen LogP) is 2.42. The van der Waals surface area contributed by atoms with Gasteiger partial charge in [0.25, 0.3) is 0 Å². The van der Waals surface area contributed by atoms with Gasteiger partial charge in [0.15, 0.2) is 0 Å². The molecule has 2 atom stereocenters. The van der Waals surface area contributed by atoms with Crippen molar-refractivity contribution in [2.24, 2.45) is 5.92 Å². The number of ether oxygens (including phenoxy) is 1. The van der Waals surface area contributed by atoms with Crippen LogP contribution in [0.2, 0.25) is 0 Å². The highest BCUT2D eigenvalue weighted by molar-refractivity contribution is 5.66. The van der Waals surface area contributed by atoms with E-state index >= 15 is 0 Å². The van der Waals surface area contributed by atoms with Crippen LogP contribution < -0.4 is 0 Å². The van der Waals surface area contributed by atoms with Crippen LogP contribution in [-0.2, 0) is 9.53 Å². The Labute approximate surface area is 91.4 Å². The number of carbonyl (C=O) groups is 1. The maximum atomic E-state index is 10.7. The zero-order chi connectivity index (χ0) is 12.0. The quantitative estimate of drug-likeness (QED) is 0.432. The molecule has 0 amide bonds. The first-order valence-electron chi connectivity index (χ1n) is 4.98. The molecule has 0 aliphatic rings. The number of aliphatic hydroxyl groups excluding tert-OH is 1. The maximum absolute atomic E-state index is 10.7. The van der Waals surface area contributed by atoms with E-state index in [0.29, 0.717) is 6.42 Å². The standard InChI is InChI=1S/C12H20O3/c1-8(2)6-7-11(9(3)4)12(14)15-10(5)13/h6,11-12,14H,3,7H2,1-2,4-5H3/t11-,12?/m1/s1. The molecule has 0 radical (unpaired) electrons. The fourth-order valence-corrected chi connectivity index (χ4v) is 1.18. The lowest BCUT2D eigenvalue weighted by atomic mass is 9.96. The molecule has 1 unspecified atom stereocenters. The van der Waals surface area contributed by atoms with Gasteiger partial charge in [-0.2, -0.15) is 0 Å². The van der Waals surface area contributed by atoms with E-state index < -0.39 is 12.3 Å². The Bertz CT molecular complexity index is 262. The second-order valence-corrected chi connectivity index (χ2v) is 3.97. The lowest BCUT2D eigenvalue weighted by Crippen LogP contribution is -2.26. The zero-order valence-corrected chi connectivity index (χ0v) is 9.91. The molecule has 0 bridgehead atoms. The van der Waals surface area contributed by atoms with Crippen molar-refractivity contribution in [3.05, 3.63) is 23.8 Å². The second-order valence-electron chi connectivity index (χ2n) is 3.97. The normalized spacial score (nSPS) is 13.9. The number of hydrogen-bond donors (Lipinski definition) is 1. The van der Waals surface area contributed by atoms with E-state index in [0.717, 1.165) is 11.1 Å². The second kappa shape index (κ2) is 6.40. The summed E-state index contributed by atoms with van der Waals surface area (Å²) in [5.74, 6) is -0.713. The summed E-state index contributed by atoms with van der Waals surface area (Å²) < 4.78 is 4.73. The first kappa shape index (κ1) is 13.9. The van der Waals surface area contributed by atoms with Crippen LogP contribution in [0.4, 0.5) is 0 Å². The van der Waals surface area contributed by atoms with Gasteiger partial charge in [0, 0.05) is 12.8 Å². The molecule has 0 aliphatic carbocycles. The highest BCUT2D eigenvalue weighted by Crippen LogP contribution is 2.20. The van der Waals surface area contributed by atoms with Gasteiger partial charge in [0.1, 0.15) is 0 Å². The van der Waals surface area contributed by atoms with Crippen LogP contribution in [0.3, 0.4) is 0 Å². The van der Waals surface area contributed by atoms with Crippen LogP contribution >= 0.6 is 0 Å². The van der Waals surface area contributed by atoms with Gasteiger partial charge in [0.2, 0.25) is 6.29 Å². The highest BCUT2D eigenvalue weighted by atomic mass is 16.6. The molecule has 3 nitrogen and oxygen atoms in total. The molecule has 86 valence electrons. The van der Waals surface area contributed by atoms with Crippen molar-refractivity contribution >= 4 is 5.97 Å². The molecule has 0 aromatic carbocycles. The fraction of sp³-hybridized carbons (Fsp3) is 0.583. The summed E-state index contributed by atoms with van der Waals surface area (Å²) >= 11 is 0. The van der Waals surface area contributed by atoms with Gasteiger partial charge in [0.05, 0.1) is 0 Å². The average Bonchev–Trinajstić information content (AvgIpc) is 2.01. The lowest BCUT2D eigenvalue weighted by molar-refractivity contribution is -0.171. The molecular formula is C12H20O3. The van der Waals surface area contributed by atoms with Gasteiger partial charge in [-0.1, -0.05) is 23.8 Å². The SMILES string of the molecule is C=C(C)[C@@H](CC=C(C)C)C(O)OC(C)=O. The summed E-state index contributed by atoms with van der Waals surface area (Å²) in [6.07, 6.45) is 1.52. The molecule has 0 spiro atoms. The minimum absolute atomic E-state index is 0.233. The predicted molar refractivity (Wildman–Crippen MR) is 60.1 cm³/mol. The number of aliphatic hydroxyl groups is 1. The number of rotatable bonds is 5. The molecule has 0 saturated heterocycles. The molecule has 15 heavy (non-hydrogen) atoms. The van der Waals surface area contributed by atoms with Crippen LogP contribution in [0.15, 0.2) is 23.8 Å². The van der Waals surface area contributed by atoms with Crippen molar-refractivity contribution in [3.63, 3.8) is 0 Å². The van der Waals surface area contributed by atoms with Crippen molar-refractivity contribution in [1.82, 2.24) is 0 Å². The van der Waals surface area contributed by atoms with E-state index in [4.69, 9.17) is 4.74 Å². The third kappa shape index (κ3) is 6.07. The van der Waals surface area contributed by atoms with Crippen molar-refractivity contribution in [1.29, 1.82) is 0 Å². The fourth-order valence-electron chi connectivity index (χ4n) is 1.18. The summed E-state index contributed by atoms with van der Waals surface area (Å²) in [5.41, 5.74) is 1.97. The summed E-state index contributed by atoms with van der Waals surface area (Å²) in [6, 6.07) is 0. The molecule has 0 aliphatic heterocycles. The zero-order valence-electron chi connectivity index (χ0n) is 9.91. The van der Waals surface area contributed by atoms with Crippen LogP contribution in [0.5, 0.6) is 0 Å². The maximum Gasteiger partial charge on any atom is 0.304 e. The third-order valence-corrected chi connectivity index (χ3v) is 2.04. The van der Waals surface area contributed by atoms with Crippen LogP contribution in [-0.4, -0.2) is 17.4 Å². The first-order valence-corrected chi connectivity index (χ1v) is 4.98. The van der Waals surface area contributed by atoms with Gasteiger partial charge in [-0.05, 0) is 27.2 Å². The van der Waals surface area contributed by atoms with Crippen LogP contribution in [0, 0.1) is 5.92 Å². The smallest absolute Gasteiger partial charge is 0.304 e. The summed E-state index contributed by atoms with van der Waals surface area (Å²) in [6.45, 7) is 10.8. The third-order valence-electron chi connectivity index (χ3n) is 2.04. The molecular weight excluding hydrogens is 192 g/mol. The van der Waals surface area contributed by atoms with E-state index in [-0.39, 0.29) is 5.92 Å². The summed E-state index contributed by atoms with van der Waals surface area (Å²) in [4.78, 5) is 10.7. The molecule has 0 fully saturated rings. The minimum atomic E-state index is -1.10. The topological polar surface area (TPSA) is 46.5 Å². The lowest BCUT2D eigenvalue weighted by Gasteiger charge is -2.21. The van der Waals surface area contributed by atoms with Crippen molar-refractivity contribution in [2.45, 2.75) is 40.4 Å². The van der Waals surface area contributed by atoms with E-state index in [2.05, 4.69) is 6.58 Å². The molecule has 0 saturated carbocycles. The van der Waals surface area contributed by atoms with E-state index in [1.807, 2.05) is 26.8 Å². The molecule has 0 heterocycles. The minimum Gasteiger partial charge on any atom is -0.435 e. The summed E-state index contributed by atoms with van der Waals surface area (Å²) in [5, 5.41) is 9.63. The first-order chi connectivity index (χ1) is 6.84. The number of carbonyl (C=O) groups excluding carboxylic acids is 1. The van der Waals surface area contributed by atoms with Gasteiger partial charge in [-0.25, -0.2) is 0 Å². The molecule has 0 aromatic rings. The Morgan fingerprint density at radius 1 is 1.40 bits per heavy atom. The monoisotopic (exact) mass is 212 g/mol. The number of hydrogen-bond acceptors (Lipinski definition) is 3. The van der Waals surface area contributed by atoms with Crippen molar-refractivity contribution < 1.29 is 14.6 Å². The number of allylic oxidation sites excluding steroid dienone is 2. The Morgan fingerprint density at radius 3 is 2.27 bits per heavy atom. The molecule has 3 heteroatoms. The Hall–Kier alpha value is -1.09. The van der Waals surface area contributed by atoms with E-state index in [1.54, 1.807) is 0 Å². The highest BCUT2D eigenvalue weighted by Gasteiger charge is 2.21. The Balaban J connectivity index is 4.45. The Morgan fingerprint density at radius 2 is 1.93 bits per heavy atom. The average molecular weight is 212 g/mol. The van der Waals surface area contributed by atoms with E-state index in [1.165, 1.54) is 6.92 Å². The van der Waals surface area contributed by atoms with Gasteiger partial charge in [-0.15, -0.1) is 0 Å².